The zero-order chi connectivity index (χ0) is 24.7. The molecule has 0 bridgehead atoms. The second kappa shape index (κ2) is 16.0. The molecule has 0 aromatic rings. The molecule has 32 heavy (non-hydrogen) atoms. The highest BCUT2D eigenvalue weighted by Crippen LogP contribution is 2.09. The van der Waals surface area contributed by atoms with Crippen molar-refractivity contribution in [3.8, 4) is 0 Å². The molecule has 0 aliphatic carbocycles. The van der Waals surface area contributed by atoms with Crippen molar-refractivity contribution in [2.24, 2.45) is 17.6 Å². The van der Waals surface area contributed by atoms with Gasteiger partial charge in [0.2, 0.25) is 17.7 Å². The third-order valence-corrected chi connectivity index (χ3v) is 4.94. The lowest BCUT2D eigenvalue weighted by atomic mass is 9.96. The predicted molar refractivity (Wildman–Crippen MR) is 123 cm³/mol. The Bertz CT molecular complexity index is 636. The Balaban J connectivity index is 4.78. The number of primary amides is 1. The number of hydrogen-bond acceptors (Lipinski definition) is 5. The van der Waals surface area contributed by atoms with Gasteiger partial charge in [0, 0.05) is 31.8 Å². The van der Waals surface area contributed by atoms with E-state index in [4.69, 9.17) is 5.73 Å². The Morgan fingerprint density at radius 1 is 0.812 bits per heavy atom. The van der Waals surface area contributed by atoms with Gasteiger partial charge in [-0.1, -0.05) is 34.6 Å². The fourth-order valence-electron chi connectivity index (χ4n) is 3.01. The van der Waals surface area contributed by atoms with Gasteiger partial charge in [0.15, 0.2) is 5.78 Å². The maximum absolute atomic E-state index is 12.9. The zero-order valence-corrected chi connectivity index (χ0v) is 20.1. The van der Waals surface area contributed by atoms with Crippen LogP contribution in [0.2, 0.25) is 0 Å². The van der Waals surface area contributed by atoms with Crippen LogP contribution in [0.5, 0.6) is 0 Å². The average molecular weight is 456 g/mol. The fraction of sp³-hybridized carbons (Fsp3) is 0.773. The van der Waals surface area contributed by atoms with Crippen molar-refractivity contribution in [3.05, 3.63) is 0 Å². The molecule has 184 valence electrons. The second-order valence-electron chi connectivity index (χ2n) is 8.50. The quantitative estimate of drug-likeness (QED) is 0.219. The molecule has 1 unspecified atom stereocenters. The van der Waals surface area contributed by atoms with Crippen molar-refractivity contribution in [1.82, 2.24) is 21.3 Å². The Labute approximate surface area is 191 Å². The number of rotatable bonds is 16. The van der Waals surface area contributed by atoms with Crippen LogP contribution < -0.4 is 27.0 Å². The van der Waals surface area contributed by atoms with Gasteiger partial charge in [-0.15, -0.1) is 0 Å². The van der Waals surface area contributed by atoms with E-state index in [1.807, 2.05) is 13.8 Å². The van der Waals surface area contributed by atoms with Gasteiger partial charge < -0.3 is 27.0 Å². The van der Waals surface area contributed by atoms with Crippen LogP contribution in [0.25, 0.3) is 0 Å². The number of Topliss-reactive ketones (excluding diaryl/α,β-unsaturated/α-hetero) is 1. The van der Waals surface area contributed by atoms with E-state index in [0.717, 1.165) is 0 Å². The minimum atomic E-state index is -0.770. The number of nitrogens with two attached hydrogens (primary N) is 1. The summed E-state index contributed by atoms with van der Waals surface area (Å²) in [5, 5.41) is 10.8. The van der Waals surface area contributed by atoms with Crippen LogP contribution in [0, 0.1) is 11.8 Å². The molecule has 0 radical (unpaired) electrons. The standard InChI is InChI=1S/C22H41N5O5/c1-6-17(28)24-12-8-7-11-18(29)27-19(14(2)3)21(31)26-16(20(30)15(4)5)10-9-13-25-22(23)32/h14-16,19H,6-13H2,1-5H3,(H,24,28)(H,26,31)(H,27,29)(H3,23,25,32)/t16-,19?/m0/s1. The van der Waals surface area contributed by atoms with Gasteiger partial charge in [-0.25, -0.2) is 4.79 Å². The first kappa shape index (κ1) is 29.4. The summed E-state index contributed by atoms with van der Waals surface area (Å²) in [6.07, 6.45) is 2.75. The Morgan fingerprint density at radius 2 is 1.44 bits per heavy atom. The lowest BCUT2D eigenvalue weighted by Gasteiger charge is -2.26. The number of amides is 5. The number of hydrogen-bond donors (Lipinski definition) is 5. The van der Waals surface area contributed by atoms with E-state index in [-0.39, 0.29) is 35.9 Å². The van der Waals surface area contributed by atoms with Crippen molar-refractivity contribution in [2.45, 2.75) is 85.2 Å². The van der Waals surface area contributed by atoms with E-state index in [0.29, 0.717) is 45.2 Å². The SMILES string of the molecule is CCC(=O)NCCCCC(=O)NC(C(=O)N[C@@H](CCCNC(N)=O)C(=O)C(C)C)C(C)C. The third-order valence-electron chi connectivity index (χ3n) is 4.94. The number of unbranched alkanes of at least 4 members (excludes halogenated alkanes) is 1. The monoisotopic (exact) mass is 455 g/mol. The molecule has 0 heterocycles. The largest absolute Gasteiger partial charge is 0.356 e. The van der Waals surface area contributed by atoms with Crippen molar-refractivity contribution < 1.29 is 24.0 Å². The topological polar surface area (TPSA) is 159 Å². The van der Waals surface area contributed by atoms with Gasteiger partial charge in [0.1, 0.15) is 6.04 Å². The van der Waals surface area contributed by atoms with Crippen molar-refractivity contribution in [2.75, 3.05) is 13.1 Å². The summed E-state index contributed by atoms with van der Waals surface area (Å²) >= 11 is 0. The van der Waals surface area contributed by atoms with E-state index in [1.54, 1.807) is 20.8 Å². The summed E-state index contributed by atoms with van der Waals surface area (Å²) in [6.45, 7) is 9.74. The number of carbonyl (C=O) groups is 5. The van der Waals surface area contributed by atoms with Crippen LogP contribution in [-0.2, 0) is 19.2 Å². The molecule has 0 saturated carbocycles. The van der Waals surface area contributed by atoms with Crippen LogP contribution in [0.3, 0.4) is 0 Å². The fourth-order valence-corrected chi connectivity index (χ4v) is 3.01. The summed E-state index contributed by atoms with van der Waals surface area (Å²) in [6, 6.07) is -2.12. The highest BCUT2D eigenvalue weighted by molar-refractivity contribution is 5.93. The molecule has 2 atom stereocenters. The van der Waals surface area contributed by atoms with E-state index in [1.165, 1.54) is 0 Å². The number of urea groups is 1. The van der Waals surface area contributed by atoms with Gasteiger partial charge in [-0.2, -0.15) is 0 Å². The van der Waals surface area contributed by atoms with Crippen LogP contribution in [0.4, 0.5) is 4.79 Å². The first-order valence-corrected chi connectivity index (χ1v) is 11.4. The van der Waals surface area contributed by atoms with E-state index in [9.17, 15) is 24.0 Å². The molecule has 0 saturated heterocycles. The summed E-state index contributed by atoms with van der Waals surface area (Å²) in [4.78, 5) is 59.8. The summed E-state index contributed by atoms with van der Waals surface area (Å²) in [5.74, 6) is -1.25. The summed E-state index contributed by atoms with van der Waals surface area (Å²) < 4.78 is 0. The molecule has 0 aliphatic heterocycles. The molecule has 5 amide bonds. The number of nitrogens with one attached hydrogen (secondary N) is 4. The molecular formula is C22H41N5O5. The second-order valence-corrected chi connectivity index (χ2v) is 8.50. The molecule has 0 fully saturated rings. The van der Waals surface area contributed by atoms with Crippen molar-refractivity contribution >= 4 is 29.5 Å². The Hall–Kier alpha value is -2.65. The minimum absolute atomic E-state index is 0.0260. The highest BCUT2D eigenvalue weighted by atomic mass is 16.2. The molecular weight excluding hydrogens is 414 g/mol. The first-order chi connectivity index (χ1) is 15.0. The van der Waals surface area contributed by atoms with Crippen molar-refractivity contribution in [1.29, 1.82) is 0 Å². The molecule has 0 aliphatic rings. The van der Waals surface area contributed by atoms with Gasteiger partial charge in [0.05, 0.1) is 6.04 Å². The number of carbonyl (C=O) groups excluding carboxylic acids is 5. The van der Waals surface area contributed by atoms with Gasteiger partial charge in [-0.05, 0) is 31.6 Å². The van der Waals surface area contributed by atoms with Crippen LogP contribution in [0.1, 0.15) is 73.1 Å². The number of ketones is 1. The van der Waals surface area contributed by atoms with E-state index in [2.05, 4.69) is 21.3 Å². The molecule has 0 aromatic carbocycles. The van der Waals surface area contributed by atoms with Crippen LogP contribution in [0.15, 0.2) is 0 Å². The lowest BCUT2D eigenvalue weighted by molar-refractivity contribution is -0.133. The van der Waals surface area contributed by atoms with Gasteiger partial charge >= 0.3 is 6.03 Å². The maximum Gasteiger partial charge on any atom is 0.312 e. The molecule has 10 heteroatoms. The van der Waals surface area contributed by atoms with Gasteiger partial charge in [-0.3, -0.25) is 19.2 Å². The van der Waals surface area contributed by atoms with Crippen LogP contribution in [-0.4, -0.2) is 54.7 Å². The highest BCUT2D eigenvalue weighted by Gasteiger charge is 2.29. The molecule has 0 rings (SSSR count). The molecule has 0 aromatic heterocycles. The molecule has 0 spiro atoms. The first-order valence-electron chi connectivity index (χ1n) is 11.4. The van der Waals surface area contributed by atoms with Gasteiger partial charge in [0.25, 0.3) is 0 Å². The summed E-state index contributed by atoms with van der Waals surface area (Å²) in [5.41, 5.74) is 5.04. The zero-order valence-electron chi connectivity index (χ0n) is 20.1. The molecule has 6 N–H and O–H groups in total. The molecule has 10 nitrogen and oxygen atoms in total. The van der Waals surface area contributed by atoms with E-state index >= 15 is 0 Å². The third kappa shape index (κ3) is 12.9. The average Bonchev–Trinajstić information content (AvgIpc) is 2.72. The lowest BCUT2D eigenvalue weighted by Crippen LogP contribution is -2.54. The van der Waals surface area contributed by atoms with E-state index < -0.39 is 24.0 Å². The minimum Gasteiger partial charge on any atom is -0.356 e. The van der Waals surface area contributed by atoms with Crippen molar-refractivity contribution in [3.63, 3.8) is 0 Å². The Morgan fingerprint density at radius 3 is 1.97 bits per heavy atom. The van der Waals surface area contributed by atoms with Crippen LogP contribution >= 0.6 is 0 Å². The summed E-state index contributed by atoms with van der Waals surface area (Å²) in [7, 11) is 0. The normalized spacial score (nSPS) is 12.7. The smallest absolute Gasteiger partial charge is 0.312 e. The Kier molecular flexibility index (Phi) is 14.7. The maximum atomic E-state index is 12.9. The predicted octanol–water partition coefficient (Wildman–Crippen LogP) is 0.982.